The second kappa shape index (κ2) is 4.39. The molecule has 6 heteroatoms. The summed E-state index contributed by atoms with van der Waals surface area (Å²) in [6.45, 7) is 5.54. The van der Waals surface area contributed by atoms with Crippen molar-refractivity contribution in [2.45, 2.75) is 26.1 Å². The number of hydrogen-bond acceptors (Lipinski definition) is 5. The summed E-state index contributed by atoms with van der Waals surface area (Å²) in [5.41, 5.74) is 0.117. The van der Waals surface area contributed by atoms with Crippen molar-refractivity contribution < 1.29 is 14.6 Å². The molecular weight excluding hydrogens is 228 g/mol. The lowest BCUT2D eigenvalue weighted by atomic mass is 10.2. The van der Waals surface area contributed by atoms with Crippen LogP contribution >= 0.6 is 11.3 Å². The Balaban J connectivity index is 2.13. The summed E-state index contributed by atoms with van der Waals surface area (Å²) in [4.78, 5) is 16.9. The highest BCUT2D eigenvalue weighted by atomic mass is 32.1. The number of rotatable bonds is 2. The fourth-order valence-corrected chi connectivity index (χ4v) is 2.66. The van der Waals surface area contributed by atoms with Crippen LogP contribution in [0.2, 0.25) is 0 Å². The van der Waals surface area contributed by atoms with E-state index in [1.165, 1.54) is 11.3 Å². The molecule has 0 unspecified atom stereocenters. The van der Waals surface area contributed by atoms with Gasteiger partial charge in [0.05, 0.1) is 12.2 Å². The van der Waals surface area contributed by atoms with Gasteiger partial charge in [-0.3, -0.25) is 0 Å². The maximum Gasteiger partial charge on any atom is 0.355 e. The van der Waals surface area contributed by atoms with Gasteiger partial charge >= 0.3 is 5.97 Å². The van der Waals surface area contributed by atoms with Crippen molar-refractivity contribution in [3.05, 3.63) is 11.1 Å². The first-order valence-electron chi connectivity index (χ1n) is 5.15. The van der Waals surface area contributed by atoms with Gasteiger partial charge in [0.1, 0.15) is 0 Å². The standard InChI is InChI=1S/C10H14N2O3S/c1-6-3-12(4-7(2)15-6)10-11-8(5-16-10)9(13)14/h5-7H,3-4H2,1-2H3,(H,13,14)/t6-,7-/m0/s1. The topological polar surface area (TPSA) is 62.7 Å². The van der Waals surface area contributed by atoms with Crippen LogP contribution in [0.15, 0.2) is 5.38 Å². The molecular formula is C10H14N2O3S. The SMILES string of the molecule is C[C@H]1CN(c2nc(C(=O)O)cs2)C[C@H](C)O1. The molecule has 1 saturated heterocycles. The van der Waals surface area contributed by atoms with Crippen molar-refractivity contribution in [3.63, 3.8) is 0 Å². The zero-order valence-electron chi connectivity index (χ0n) is 9.21. The Bertz CT molecular complexity index is 383. The number of aromatic nitrogens is 1. The summed E-state index contributed by atoms with van der Waals surface area (Å²) in [7, 11) is 0. The lowest BCUT2D eigenvalue weighted by Crippen LogP contribution is -2.45. The Labute approximate surface area is 97.7 Å². The lowest BCUT2D eigenvalue weighted by molar-refractivity contribution is -0.00522. The molecule has 0 spiro atoms. The largest absolute Gasteiger partial charge is 0.476 e. The monoisotopic (exact) mass is 242 g/mol. The van der Waals surface area contributed by atoms with Crippen LogP contribution in [0.5, 0.6) is 0 Å². The van der Waals surface area contributed by atoms with Crippen LogP contribution in [-0.2, 0) is 4.74 Å². The summed E-state index contributed by atoms with van der Waals surface area (Å²) < 4.78 is 5.61. The van der Waals surface area contributed by atoms with Gasteiger partial charge in [0.15, 0.2) is 10.8 Å². The maximum absolute atomic E-state index is 10.7. The first-order valence-corrected chi connectivity index (χ1v) is 6.03. The van der Waals surface area contributed by atoms with Gasteiger partial charge in [-0.25, -0.2) is 9.78 Å². The minimum Gasteiger partial charge on any atom is -0.476 e. The van der Waals surface area contributed by atoms with Gasteiger partial charge in [0.2, 0.25) is 0 Å². The van der Waals surface area contributed by atoms with E-state index in [-0.39, 0.29) is 17.9 Å². The van der Waals surface area contributed by atoms with Crippen LogP contribution in [0.25, 0.3) is 0 Å². The molecule has 0 radical (unpaired) electrons. The number of morpholine rings is 1. The summed E-state index contributed by atoms with van der Waals surface area (Å²) in [5, 5.41) is 11.1. The van der Waals surface area contributed by atoms with E-state index in [1.807, 2.05) is 13.8 Å². The first-order chi connectivity index (χ1) is 7.56. The van der Waals surface area contributed by atoms with Gasteiger partial charge in [0, 0.05) is 18.5 Å². The summed E-state index contributed by atoms with van der Waals surface area (Å²) in [6.07, 6.45) is 0.307. The highest BCUT2D eigenvalue weighted by Gasteiger charge is 2.24. The van der Waals surface area contributed by atoms with Crippen molar-refractivity contribution >= 4 is 22.4 Å². The molecule has 2 rings (SSSR count). The Morgan fingerprint density at radius 3 is 2.69 bits per heavy atom. The van der Waals surface area contributed by atoms with E-state index in [9.17, 15) is 4.79 Å². The second-order valence-corrected chi connectivity index (χ2v) is 4.82. The van der Waals surface area contributed by atoms with E-state index in [0.717, 1.165) is 18.2 Å². The zero-order chi connectivity index (χ0) is 11.7. The molecule has 1 aliphatic rings. The summed E-state index contributed by atoms with van der Waals surface area (Å²) >= 11 is 1.37. The fraction of sp³-hybridized carbons (Fsp3) is 0.600. The first kappa shape index (κ1) is 11.3. The van der Waals surface area contributed by atoms with Crippen LogP contribution < -0.4 is 4.90 Å². The predicted molar refractivity (Wildman–Crippen MR) is 61.3 cm³/mol. The van der Waals surface area contributed by atoms with Crippen LogP contribution in [0, 0.1) is 0 Å². The minimum absolute atomic E-state index is 0.117. The molecule has 0 aliphatic carbocycles. The third kappa shape index (κ3) is 2.33. The molecule has 2 atom stereocenters. The molecule has 1 aromatic heterocycles. The number of aromatic carboxylic acids is 1. The van der Waals surface area contributed by atoms with Gasteiger partial charge in [-0.1, -0.05) is 0 Å². The number of carboxylic acids is 1. The number of hydrogen-bond donors (Lipinski definition) is 1. The molecule has 1 fully saturated rings. The van der Waals surface area contributed by atoms with Gasteiger partial charge in [-0.15, -0.1) is 11.3 Å². The molecule has 0 amide bonds. The van der Waals surface area contributed by atoms with Crippen molar-refractivity contribution in [2.24, 2.45) is 0 Å². The van der Waals surface area contributed by atoms with Crippen LogP contribution in [0.4, 0.5) is 5.13 Å². The van der Waals surface area contributed by atoms with Crippen molar-refractivity contribution in [1.82, 2.24) is 4.98 Å². The Hall–Kier alpha value is -1.14. The smallest absolute Gasteiger partial charge is 0.355 e. The number of thiazole rings is 1. The summed E-state index contributed by atoms with van der Waals surface area (Å²) in [5.74, 6) is -0.975. The van der Waals surface area contributed by atoms with Gasteiger partial charge in [-0.2, -0.15) is 0 Å². The van der Waals surface area contributed by atoms with Crippen LogP contribution in [0.1, 0.15) is 24.3 Å². The van der Waals surface area contributed by atoms with E-state index >= 15 is 0 Å². The number of anilines is 1. The van der Waals surface area contributed by atoms with Gasteiger partial charge in [-0.05, 0) is 13.8 Å². The second-order valence-electron chi connectivity index (χ2n) is 3.98. The molecule has 16 heavy (non-hydrogen) atoms. The van der Waals surface area contributed by atoms with E-state index in [2.05, 4.69) is 9.88 Å². The van der Waals surface area contributed by atoms with Crippen molar-refractivity contribution in [2.75, 3.05) is 18.0 Å². The number of carbonyl (C=O) groups is 1. The van der Waals surface area contributed by atoms with Crippen molar-refractivity contribution in [3.8, 4) is 0 Å². The minimum atomic E-state index is -0.975. The normalized spacial score (nSPS) is 25.8. The van der Waals surface area contributed by atoms with E-state index < -0.39 is 5.97 Å². The zero-order valence-corrected chi connectivity index (χ0v) is 10.0. The molecule has 88 valence electrons. The Kier molecular flexibility index (Phi) is 3.11. The third-order valence-corrected chi connectivity index (χ3v) is 3.30. The van der Waals surface area contributed by atoms with E-state index in [0.29, 0.717) is 0 Å². The number of ether oxygens (including phenoxy) is 1. The molecule has 0 aromatic carbocycles. The average Bonchev–Trinajstić information content (AvgIpc) is 2.64. The molecule has 1 aromatic rings. The predicted octanol–water partition coefficient (Wildman–Crippen LogP) is 1.45. The molecule has 1 N–H and O–H groups in total. The number of carboxylic acid groups (broad SMARTS) is 1. The summed E-state index contributed by atoms with van der Waals surface area (Å²) in [6, 6.07) is 0. The van der Waals surface area contributed by atoms with Crippen LogP contribution in [0.3, 0.4) is 0 Å². The molecule has 5 nitrogen and oxygen atoms in total. The molecule has 1 aliphatic heterocycles. The third-order valence-electron chi connectivity index (χ3n) is 2.40. The van der Waals surface area contributed by atoms with Gasteiger partial charge < -0.3 is 14.7 Å². The lowest BCUT2D eigenvalue weighted by Gasteiger charge is -2.35. The highest BCUT2D eigenvalue weighted by Crippen LogP contribution is 2.24. The quantitative estimate of drug-likeness (QED) is 0.850. The molecule has 0 bridgehead atoms. The Morgan fingerprint density at radius 2 is 2.19 bits per heavy atom. The average molecular weight is 242 g/mol. The molecule has 2 heterocycles. The van der Waals surface area contributed by atoms with Crippen LogP contribution in [-0.4, -0.2) is 41.4 Å². The maximum atomic E-state index is 10.7. The fourth-order valence-electron chi connectivity index (χ4n) is 1.84. The molecule has 0 saturated carbocycles. The van der Waals surface area contributed by atoms with Gasteiger partial charge in [0.25, 0.3) is 0 Å². The number of nitrogens with zero attached hydrogens (tertiary/aromatic N) is 2. The van der Waals surface area contributed by atoms with Crippen molar-refractivity contribution in [1.29, 1.82) is 0 Å². The van der Waals surface area contributed by atoms with E-state index in [1.54, 1.807) is 5.38 Å². The highest BCUT2D eigenvalue weighted by molar-refractivity contribution is 7.13. The van der Waals surface area contributed by atoms with E-state index in [4.69, 9.17) is 9.84 Å². The Morgan fingerprint density at radius 1 is 1.56 bits per heavy atom.